The van der Waals surface area contributed by atoms with Crippen LogP contribution in [0, 0.1) is 0 Å². The topological polar surface area (TPSA) is 65.0 Å². The van der Waals surface area contributed by atoms with E-state index in [9.17, 15) is 9.59 Å². The average Bonchev–Trinajstić information content (AvgIpc) is 3.30. The largest absolute Gasteiger partial charge is 0.280 e. The molecule has 1 saturated heterocycles. The highest BCUT2D eigenvalue weighted by Crippen LogP contribution is 2.27. The number of hydrazone groups is 1. The van der Waals surface area contributed by atoms with Gasteiger partial charge in [0.05, 0.1) is 28.7 Å². The number of nitrogens with zero attached hydrogens (tertiary/aromatic N) is 3. The fraction of sp³-hybridized carbons (Fsp3) is 0.107. The maximum absolute atomic E-state index is 13.1. The van der Waals surface area contributed by atoms with Crippen molar-refractivity contribution in [3.8, 4) is 0 Å². The number of carbonyl (C=O) groups is 2. The third kappa shape index (κ3) is 4.07. The standard InChI is InChI=1S/C28H24N4O2/c1-19-25(27(33)31(29-19)23-12-5-3-6-13-23)17-21-10-9-11-22(16-21)18-26-20(2)30-32(28(26)34)24-14-7-4-8-15-24/h3-19,29H,1-2H3/b25-17+,26-18-/t19-/m1/s1. The average molecular weight is 449 g/mol. The van der Waals surface area contributed by atoms with Gasteiger partial charge in [-0.3, -0.25) is 9.59 Å². The summed E-state index contributed by atoms with van der Waals surface area (Å²) in [4.78, 5) is 26.1. The van der Waals surface area contributed by atoms with Gasteiger partial charge in [0.1, 0.15) is 0 Å². The third-order valence-electron chi connectivity index (χ3n) is 5.86. The Balaban J connectivity index is 1.41. The van der Waals surface area contributed by atoms with E-state index in [1.807, 2.05) is 111 Å². The number of benzene rings is 3. The molecule has 5 rings (SSSR count). The van der Waals surface area contributed by atoms with E-state index < -0.39 is 0 Å². The summed E-state index contributed by atoms with van der Waals surface area (Å²) in [5, 5.41) is 7.45. The Hall–Kier alpha value is -4.29. The summed E-state index contributed by atoms with van der Waals surface area (Å²) in [5.41, 5.74) is 8.43. The van der Waals surface area contributed by atoms with Crippen LogP contribution in [0.1, 0.15) is 25.0 Å². The van der Waals surface area contributed by atoms with Crippen molar-refractivity contribution in [2.75, 3.05) is 10.0 Å². The molecule has 2 aliphatic heterocycles. The van der Waals surface area contributed by atoms with E-state index in [2.05, 4.69) is 10.5 Å². The number of nitrogens with one attached hydrogen (secondary N) is 1. The summed E-state index contributed by atoms with van der Waals surface area (Å²) in [5.74, 6) is -0.232. The maximum atomic E-state index is 13.1. The molecule has 34 heavy (non-hydrogen) atoms. The van der Waals surface area contributed by atoms with Crippen LogP contribution in [-0.2, 0) is 9.59 Å². The van der Waals surface area contributed by atoms with Crippen molar-refractivity contribution in [1.82, 2.24) is 5.43 Å². The van der Waals surface area contributed by atoms with Gasteiger partial charge in [-0.2, -0.15) is 10.1 Å². The van der Waals surface area contributed by atoms with Gasteiger partial charge in [0.25, 0.3) is 11.8 Å². The fourth-order valence-corrected chi connectivity index (χ4v) is 4.11. The Bertz CT molecular complexity index is 1340. The Morgan fingerprint density at radius 2 is 1.41 bits per heavy atom. The number of hydrogen-bond donors (Lipinski definition) is 1. The van der Waals surface area contributed by atoms with Gasteiger partial charge in [0, 0.05) is 5.57 Å². The first-order valence-electron chi connectivity index (χ1n) is 11.2. The van der Waals surface area contributed by atoms with Crippen LogP contribution in [-0.4, -0.2) is 23.6 Å². The summed E-state index contributed by atoms with van der Waals surface area (Å²) in [6.45, 7) is 3.80. The van der Waals surface area contributed by atoms with E-state index in [0.29, 0.717) is 16.9 Å². The third-order valence-corrected chi connectivity index (χ3v) is 5.86. The Labute approximate surface area is 198 Å². The fourth-order valence-electron chi connectivity index (χ4n) is 4.11. The lowest BCUT2D eigenvalue weighted by Crippen LogP contribution is -2.36. The highest BCUT2D eigenvalue weighted by atomic mass is 16.2. The van der Waals surface area contributed by atoms with E-state index in [0.717, 1.165) is 22.5 Å². The summed E-state index contributed by atoms with van der Waals surface area (Å²) >= 11 is 0. The second kappa shape index (κ2) is 8.92. The van der Waals surface area contributed by atoms with Crippen LogP contribution in [0.4, 0.5) is 11.4 Å². The van der Waals surface area contributed by atoms with Crippen molar-refractivity contribution in [1.29, 1.82) is 0 Å². The van der Waals surface area contributed by atoms with Gasteiger partial charge < -0.3 is 0 Å². The molecular weight excluding hydrogens is 424 g/mol. The zero-order valence-corrected chi connectivity index (χ0v) is 19.0. The second-order valence-corrected chi connectivity index (χ2v) is 8.29. The number of hydrogen-bond acceptors (Lipinski definition) is 4. The predicted molar refractivity (Wildman–Crippen MR) is 136 cm³/mol. The number of carbonyl (C=O) groups excluding carboxylic acids is 2. The molecule has 0 aliphatic carbocycles. The molecule has 2 aliphatic rings. The first-order chi connectivity index (χ1) is 16.5. The summed E-state index contributed by atoms with van der Waals surface area (Å²) < 4.78 is 0. The Morgan fingerprint density at radius 3 is 2.09 bits per heavy atom. The van der Waals surface area contributed by atoms with Crippen LogP contribution in [0.25, 0.3) is 12.2 Å². The first kappa shape index (κ1) is 21.6. The lowest BCUT2D eigenvalue weighted by Gasteiger charge is -2.15. The summed E-state index contributed by atoms with van der Waals surface area (Å²) in [6.07, 6.45) is 3.75. The molecule has 1 N–H and O–H groups in total. The zero-order valence-electron chi connectivity index (χ0n) is 19.0. The van der Waals surface area contributed by atoms with Gasteiger partial charge in [-0.25, -0.2) is 10.4 Å². The molecule has 2 amide bonds. The smallest absolute Gasteiger partial charge is 0.268 e. The van der Waals surface area contributed by atoms with E-state index in [1.54, 1.807) is 5.01 Å². The van der Waals surface area contributed by atoms with Crippen LogP contribution < -0.4 is 15.4 Å². The monoisotopic (exact) mass is 448 g/mol. The van der Waals surface area contributed by atoms with Crippen LogP contribution in [0.2, 0.25) is 0 Å². The van der Waals surface area contributed by atoms with Crippen molar-refractivity contribution < 1.29 is 9.59 Å². The van der Waals surface area contributed by atoms with Crippen LogP contribution in [0.15, 0.2) is 101 Å². The lowest BCUT2D eigenvalue weighted by atomic mass is 10.0. The molecule has 0 saturated carbocycles. The van der Waals surface area contributed by atoms with E-state index in [-0.39, 0.29) is 17.9 Å². The molecule has 6 nitrogen and oxygen atoms in total. The van der Waals surface area contributed by atoms with Crippen molar-refractivity contribution in [2.24, 2.45) is 5.10 Å². The lowest BCUT2D eigenvalue weighted by molar-refractivity contribution is -0.115. The first-order valence-corrected chi connectivity index (χ1v) is 11.2. The second-order valence-electron chi connectivity index (χ2n) is 8.29. The minimum absolute atomic E-state index is 0.0742. The highest BCUT2D eigenvalue weighted by Gasteiger charge is 2.33. The van der Waals surface area contributed by atoms with E-state index in [1.165, 1.54) is 5.01 Å². The highest BCUT2D eigenvalue weighted by molar-refractivity contribution is 6.32. The molecule has 0 unspecified atom stereocenters. The van der Waals surface area contributed by atoms with Crippen LogP contribution in [0.5, 0.6) is 0 Å². The van der Waals surface area contributed by atoms with Crippen molar-refractivity contribution in [3.63, 3.8) is 0 Å². The molecule has 0 bridgehead atoms. The van der Waals surface area contributed by atoms with Gasteiger partial charge in [-0.15, -0.1) is 0 Å². The molecular formula is C28H24N4O2. The van der Waals surface area contributed by atoms with Gasteiger partial charge in [-0.1, -0.05) is 54.6 Å². The Morgan fingerprint density at radius 1 is 0.794 bits per heavy atom. The molecule has 1 atom stereocenters. The normalized spacial score (nSPS) is 20.5. The quantitative estimate of drug-likeness (QED) is 0.582. The minimum atomic E-state index is -0.158. The van der Waals surface area contributed by atoms with Gasteiger partial charge in [0.15, 0.2) is 0 Å². The minimum Gasteiger partial charge on any atom is -0.268 e. The van der Waals surface area contributed by atoms with Crippen molar-refractivity contribution in [2.45, 2.75) is 19.9 Å². The van der Waals surface area contributed by atoms with Gasteiger partial charge in [-0.05, 0) is 67.5 Å². The van der Waals surface area contributed by atoms with Crippen molar-refractivity contribution in [3.05, 3.63) is 107 Å². The summed E-state index contributed by atoms with van der Waals surface area (Å²) in [6, 6.07) is 26.6. The molecule has 3 aromatic rings. The molecule has 168 valence electrons. The molecule has 6 heteroatoms. The predicted octanol–water partition coefficient (Wildman–Crippen LogP) is 4.82. The number of anilines is 2. The van der Waals surface area contributed by atoms with Crippen LogP contribution in [0.3, 0.4) is 0 Å². The van der Waals surface area contributed by atoms with E-state index in [4.69, 9.17) is 0 Å². The molecule has 1 fully saturated rings. The number of hydrazine groups is 1. The van der Waals surface area contributed by atoms with Gasteiger partial charge >= 0.3 is 0 Å². The molecule has 0 aromatic heterocycles. The molecule has 3 aromatic carbocycles. The Kier molecular flexibility index (Phi) is 5.65. The SMILES string of the molecule is CC1=NN(c2ccccc2)C(=O)/C1=C\c1cccc(/C=C2/C(=O)N(c3ccccc3)N[C@@H]2C)c1. The molecule has 0 spiro atoms. The number of para-hydroxylation sites is 2. The van der Waals surface area contributed by atoms with E-state index >= 15 is 0 Å². The maximum Gasteiger partial charge on any atom is 0.280 e. The number of rotatable bonds is 4. The zero-order chi connectivity index (χ0) is 23.7. The van der Waals surface area contributed by atoms with Crippen LogP contribution >= 0.6 is 0 Å². The summed E-state index contributed by atoms with van der Waals surface area (Å²) in [7, 11) is 0. The van der Waals surface area contributed by atoms with Gasteiger partial charge in [0.2, 0.25) is 0 Å². The van der Waals surface area contributed by atoms with Crippen molar-refractivity contribution >= 4 is 41.1 Å². The molecule has 0 radical (unpaired) electrons. The molecule has 2 heterocycles. The number of amides is 2.